The van der Waals surface area contributed by atoms with Crippen LogP contribution in [0.25, 0.3) is 0 Å². The predicted molar refractivity (Wildman–Crippen MR) is 101 cm³/mol. The molecule has 1 aliphatic carbocycles. The van der Waals surface area contributed by atoms with Crippen molar-refractivity contribution in [3.05, 3.63) is 29.3 Å². The van der Waals surface area contributed by atoms with Gasteiger partial charge in [-0.15, -0.1) is 0 Å². The van der Waals surface area contributed by atoms with E-state index in [1.807, 2.05) is 7.05 Å². The van der Waals surface area contributed by atoms with Gasteiger partial charge in [-0.1, -0.05) is 12.1 Å². The molecule has 5 nitrogen and oxygen atoms in total. The van der Waals surface area contributed by atoms with E-state index in [4.69, 9.17) is 4.74 Å². The molecule has 0 bridgehead atoms. The summed E-state index contributed by atoms with van der Waals surface area (Å²) in [5.41, 5.74) is 2.72. The molecular formula is C20H30N4O. The van der Waals surface area contributed by atoms with Crippen molar-refractivity contribution in [1.82, 2.24) is 15.5 Å². The third-order valence-corrected chi connectivity index (χ3v) is 5.62. The smallest absolute Gasteiger partial charge is 0.191 e. The van der Waals surface area contributed by atoms with Crippen LogP contribution in [0.4, 0.5) is 0 Å². The number of hydrogen-bond donors (Lipinski definition) is 2. The third kappa shape index (κ3) is 4.27. The van der Waals surface area contributed by atoms with E-state index in [0.29, 0.717) is 6.04 Å². The molecule has 1 aromatic rings. The molecule has 0 radical (unpaired) electrons. The first kappa shape index (κ1) is 16.7. The lowest BCUT2D eigenvalue weighted by Crippen LogP contribution is -2.49. The fourth-order valence-electron chi connectivity index (χ4n) is 3.96. The zero-order valence-corrected chi connectivity index (χ0v) is 15.3. The molecule has 2 N–H and O–H groups in total. The number of aliphatic imine (C=N–C) groups is 1. The Morgan fingerprint density at radius 3 is 2.84 bits per heavy atom. The van der Waals surface area contributed by atoms with Crippen molar-refractivity contribution in [2.45, 2.75) is 50.6 Å². The highest BCUT2D eigenvalue weighted by Crippen LogP contribution is 2.29. The molecule has 2 fully saturated rings. The van der Waals surface area contributed by atoms with E-state index in [-0.39, 0.29) is 0 Å². The first-order valence-electron chi connectivity index (χ1n) is 9.77. The molecule has 0 unspecified atom stereocenters. The summed E-state index contributed by atoms with van der Waals surface area (Å²) in [4.78, 5) is 7.06. The van der Waals surface area contributed by atoms with E-state index < -0.39 is 0 Å². The molecule has 0 atom stereocenters. The van der Waals surface area contributed by atoms with Crippen LogP contribution in [0.2, 0.25) is 0 Å². The average Bonchev–Trinajstić information content (AvgIpc) is 3.39. The molecule has 2 aliphatic heterocycles. The Morgan fingerprint density at radius 1 is 1.24 bits per heavy atom. The lowest BCUT2D eigenvalue weighted by Gasteiger charge is -2.33. The summed E-state index contributed by atoms with van der Waals surface area (Å²) in [6.45, 7) is 4.19. The van der Waals surface area contributed by atoms with Crippen LogP contribution in [-0.2, 0) is 12.8 Å². The van der Waals surface area contributed by atoms with Gasteiger partial charge in [-0.05, 0) is 49.3 Å². The third-order valence-electron chi connectivity index (χ3n) is 5.62. The maximum absolute atomic E-state index is 5.58. The van der Waals surface area contributed by atoms with E-state index >= 15 is 0 Å². The summed E-state index contributed by atoms with van der Waals surface area (Å²) in [7, 11) is 1.86. The molecule has 136 valence electrons. The molecule has 25 heavy (non-hydrogen) atoms. The summed E-state index contributed by atoms with van der Waals surface area (Å²) in [6, 6.07) is 8.02. The van der Waals surface area contributed by atoms with Crippen molar-refractivity contribution in [1.29, 1.82) is 0 Å². The van der Waals surface area contributed by atoms with Gasteiger partial charge in [0.1, 0.15) is 5.75 Å². The number of nitrogens with zero attached hydrogens (tertiary/aromatic N) is 2. The summed E-state index contributed by atoms with van der Waals surface area (Å²) in [5, 5.41) is 7.08. The van der Waals surface area contributed by atoms with E-state index in [1.54, 1.807) is 0 Å². The zero-order valence-electron chi connectivity index (χ0n) is 15.3. The van der Waals surface area contributed by atoms with Gasteiger partial charge >= 0.3 is 0 Å². The molecule has 1 saturated heterocycles. The van der Waals surface area contributed by atoms with Crippen molar-refractivity contribution < 1.29 is 4.74 Å². The predicted octanol–water partition coefficient (Wildman–Crippen LogP) is 1.96. The van der Waals surface area contributed by atoms with Crippen LogP contribution in [-0.4, -0.2) is 56.2 Å². The molecule has 0 amide bonds. The largest absolute Gasteiger partial charge is 0.493 e. The second kappa shape index (κ2) is 7.65. The maximum Gasteiger partial charge on any atom is 0.191 e. The van der Waals surface area contributed by atoms with Crippen molar-refractivity contribution >= 4 is 5.96 Å². The minimum atomic E-state index is 0.554. The number of fused-ring (bicyclic) bond motifs is 1. The monoisotopic (exact) mass is 342 g/mol. The van der Waals surface area contributed by atoms with E-state index in [0.717, 1.165) is 43.7 Å². The minimum Gasteiger partial charge on any atom is -0.493 e. The second-order valence-corrected chi connectivity index (χ2v) is 7.48. The topological polar surface area (TPSA) is 48.9 Å². The molecule has 2 heterocycles. The number of likely N-dealkylation sites (tertiary alicyclic amines) is 1. The molecule has 1 aromatic carbocycles. The number of nitrogens with one attached hydrogen (secondary N) is 2. The van der Waals surface area contributed by atoms with Crippen molar-refractivity contribution in [2.75, 3.05) is 33.3 Å². The van der Waals surface area contributed by atoms with Crippen LogP contribution in [0.5, 0.6) is 5.75 Å². The summed E-state index contributed by atoms with van der Waals surface area (Å²) < 4.78 is 5.58. The van der Waals surface area contributed by atoms with E-state index in [1.165, 1.54) is 49.9 Å². The molecule has 1 saturated carbocycles. The average molecular weight is 342 g/mol. The van der Waals surface area contributed by atoms with Gasteiger partial charge in [0.2, 0.25) is 0 Å². The Morgan fingerprint density at radius 2 is 2.08 bits per heavy atom. The lowest BCUT2D eigenvalue weighted by atomic mass is 10.1. The van der Waals surface area contributed by atoms with Gasteiger partial charge in [-0.25, -0.2) is 0 Å². The molecule has 4 rings (SSSR count). The Kier molecular flexibility index (Phi) is 5.11. The van der Waals surface area contributed by atoms with Crippen LogP contribution < -0.4 is 15.4 Å². The first-order valence-corrected chi connectivity index (χ1v) is 9.77. The zero-order chi connectivity index (χ0) is 17.1. The summed E-state index contributed by atoms with van der Waals surface area (Å²) >= 11 is 0. The van der Waals surface area contributed by atoms with E-state index in [9.17, 15) is 0 Å². The number of guanidine groups is 1. The van der Waals surface area contributed by atoms with Crippen LogP contribution in [0.1, 0.15) is 36.8 Å². The highest BCUT2D eigenvalue weighted by atomic mass is 16.5. The quantitative estimate of drug-likeness (QED) is 0.634. The van der Waals surface area contributed by atoms with E-state index in [2.05, 4.69) is 38.7 Å². The first-order chi connectivity index (χ1) is 12.3. The molecule has 0 spiro atoms. The number of benzene rings is 1. The van der Waals surface area contributed by atoms with Gasteiger partial charge in [0.25, 0.3) is 0 Å². The molecule has 5 heteroatoms. The van der Waals surface area contributed by atoms with Crippen molar-refractivity contribution in [3.8, 4) is 5.75 Å². The van der Waals surface area contributed by atoms with Gasteiger partial charge < -0.3 is 20.3 Å². The normalized spacial score (nSPS) is 21.7. The highest BCUT2D eigenvalue weighted by Gasteiger charge is 2.31. The summed E-state index contributed by atoms with van der Waals surface area (Å²) in [5.74, 6) is 2.00. The Balaban J connectivity index is 1.20. The minimum absolute atomic E-state index is 0.554. The summed E-state index contributed by atoms with van der Waals surface area (Å²) in [6.07, 6.45) is 7.32. The lowest BCUT2D eigenvalue weighted by molar-refractivity contribution is 0.197. The van der Waals surface area contributed by atoms with Crippen molar-refractivity contribution in [3.63, 3.8) is 0 Å². The van der Waals surface area contributed by atoms with Gasteiger partial charge in [0.15, 0.2) is 5.96 Å². The molecular weight excluding hydrogens is 312 g/mol. The SMILES string of the molecule is CN=C(NCCc1ccc2c(c1)CCO2)NC1CCN(C2CC2)CC1. The van der Waals surface area contributed by atoms with Gasteiger partial charge in [-0.3, -0.25) is 4.99 Å². The number of rotatable bonds is 5. The van der Waals surface area contributed by atoms with Gasteiger partial charge in [-0.2, -0.15) is 0 Å². The fraction of sp³-hybridized carbons (Fsp3) is 0.650. The maximum atomic E-state index is 5.58. The molecule has 0 aromatic heterocycles. The van der Waals surface area contributed by atoms with Crippen LogP contribution in [0.3, 0.4) is 0 Å². The van der Waals surface area contributed by atoms with Crippen LogP contribution in [0.15, 0.2) is 23.2 Å². The van der Waals surface area contributed by atoms with Gasteiger partial charge in [0, 0.05) is 45.2 Å². The van der Waals surface area contributed by atoms with Crippen molar-refractivity contribution in [2.24, 2.45) is 4.99 Å². The number of ether oxygens (including phenoxy) is 1. The Bertz CT molecular complexity index is 618. The Labute approximate surface area is 150 Å². The highest BCUT2D eigenvalue weighted by molar-refractivity contribution is 5.79. The molecule has 3 aliphatic rings. The number of hydrogen-bond acceptors (Lipinski definition) is 3. The van der Waals surface area contributed by atoms with Crippen LogP contribution >= 0.6 is 0 Å². The van der Waals surface area contributed by atoms with Gasteiger partial charge in [0.05, 0.1) is 6.61 Å². The fourth-order valence-corrected chi connectivity index (χ4v) is 3.96. The number of piperidine rings is 1. The van der Waals surface area contributed by atoms with Crippen LogP contribution in [0, 0.1) is 0 Å². The Hall–Kier alpha value is -1.75. The second-order valence-electron chi connectivity index (χ2n) is 7.48. The standard InChI is InChI=1S/C20H30N4O/c1-21-20(23-17-7-11-24(12-8-17)18-3-4-18)22-10-6-15-2-5-19-16(14-15)9-13-25-19/h2,5,14,17-18H,3-4,6-13H2,1H3,(H2,21,22,23).